The Balaban J connectivity index is 1.97. The Hall–Kier alpha value is -3.02. The summed E-state index contributed by atoms with van der Waals surface area (Å²) in [6, 6.07) is 7.91. The summed E-state index contributed by atoms with van der Waals surface area (Å²) in [6.07, 6.45) is 1.72. The van der Waals surface area contributed by atoms with Gasteiger partial charge < -0.3 is 10.3 Å². The van der Waals surface area contributed by atoms with E-state index in [1.165, 1.54) is 13.0 Å². The van der Waals surface area contributed by atoms with E-state index in [9.17, 15) is 19.2 Å². The number of aromatic amines is 1. The lowest BCUT2D eigenvalue weighted by molar-refractivity contribution is 0.0970. The lowest BCUT2D eigenvalue weighted by Crippen LogP contribution is -2.27. The second-order valence-corrected chi connectivity index (χ2v) is 5.74. The number of anilines is 1. The van der Waals surface area contributed by atoms with E-state index >= 15 is 0 Å². The molecule has 0 saturated carbocycles. The third-order valence-corrected chi connectivity index (χ3v) is 4.05. The van der Waals surface area contributed by atoms with Gasteiger partial charge in [-0.05, 0) is 38.0 Å². The average Bonchev–Trinajstić information content (AvgIpc) is 2.54. The van der Waals surface area contributed by atoms with E-state index in [-0.39, 0.29) is 17.1 Å². The van der Waals surface area contributed by atoms with Crippen molar-refractivity contribution in [2.45, 2.75) is 26.2 Å². The van der Waals surface area contributed by atoms with Gasteiger partial charge in [-0.2, -0.15) is 0 Å². The summed E-state index contributed by atoms with van der Waals surface area (Å²) in [5, 5.41) is 2.58. The number of aryl methyl sites for hydroxylation is 1. The molecule has 1 aliphatic carbocycles. The molecule has 0 unspecified atom stereocenters. The van der Waals surface area contributed by atoms with Crippen LogP contribution < -0.4 is 10.9 Å². The first-order valence-electron chi connectivity index (χ1n) is 7.68. The molecule has 3 rings (SSSR count). The van der Waals surface area contributed by atoms with Crippen molar-refractivity contribution in [3.8, 4) is 0 Å². The van der Waals surface area contributed by atoms with Gasteiger partial charge in [0.05, 0.1) is 5.69 Å². The molecule has 0 atom stereocenters. The SMILES string of the molecule is CC(=O)c1ccccc1NC(=O)c1cc2c([nH]c1=O)CCCC2=O. The van der Waals surface area contributed by atoms with Crippen LogP contribution >= 0.6 is 0 Å². The van der Waals surface area contributed by atoms with Crippen molar-refractivity contribution >= 4 is 23.2 Å². The number of hydrogen-bond acceptors (Lipinski definition) is 4. The third kappa shape index (κ3) is 2.90. The number of para-hydroxylation sites is 1. The molecule has 24 heavy (non-hydrogen) atoms. The second kappa shape index (κ2) is 6.23. The molecule has 1 aromatic carbocycles. The van der Waals surface area contributed by atoms with Gasteiger partial charge in [0, 0.05) is 23.2 Å². The van der Waals surface area contributed by atoms with E-state index in [4.69, 9.17) is 0 Å². The molecular formula is C18H16N2O4. The van der Waals surface area contributed by atoms with Crippen molar-refractivity contribution in [3.63, 3.8) is 0 Å². The van der Waals surface area contributed by atoms with Gasteiger partial charge in [-0.25, -0.2) is 0 Å². The zero-order valence-corrected chi connectivity index (χ0v) is 13.1. The molecule has 1 aromatic heterocycles. The number of aromatic nitrogens is 1. The molecule has 0 fully saturated rings. The second-order valence-electron chi connectivity index (χ2n) is 5.74. The maximum absolute atomic E-state index is 12.4. The van der Waals surface area contributed by atoms with Crippen molar-refractivity contribution < 1.29 is 14.4 Å². The molecule has 2 N–H and O–H groups in total. The van der Waals surface area contributed by atoms with E-state index in [0.717, 1.165) is 0 Å². The molecule has 1 amide bonds. The molecule has 6 heteroatoms. The first-order chi connectivity index (χ1) is 11.5. The van der Waals surface area contributed by atoms with E-state index in [1.54, 1.807) is 24.3 Å². The maximum atomic E-state index is 12.4. The molecular weight excluding hydrogens is 308 g/mol. The summed E-state index contributed by atoms with van der Waals surface area (Å²) in [6.45, 7) is 1.40. The highest BCUT2D eigenvalue weighted by atomic mass is 16.2. The van der Waals surface area contributed by atoms with Gasteiger partial charge >= 0.3 is 0 Å². The number of amides is 1. The van der Waals surface area contributed by atoms with Gasteiger partial charge in [0.2, 0.25) is 0 Å². The van der Waals surface area contributed by atoms with Crippen LogP contribution in [0.4, 0.5) is 5.69 Å². The number of hydrogen-bond donors (Lipinski definition) is 2. The fourth-order valence-electron chi connectivity index (χ4n) is 2.83. The normalized spacial score (nSPS) is 13.3. The van der Waals surface area contributed by atoms with Crippen LogP contribution in [-0.4, -0.2) is 22.5 Å². The minimum atomic E-state index is -0.647. The Bertz CT molecular complexity index is 911. The first-order valence-corrected chi connectivity index (χ1v) is 7.68. The Morgan fingerprint density at radius 1 is 1.08 bits per heavy atom. The summed E-state index contributed by atoms with van der Waals surface area (Å²) in [7, 11) is 0. The summed E-state index contributed by atoms with van der Waals surface area (Å²) < 4.78 is 0. The minimum Gasteiger partial charge on any atom is -0.325 e. The van der Waals surface area contributed by atoms with Crippen LogP contribution in [0, 0.1) is 0 Å². The van der Waals surface area contributed by atoms with Gasteiger partial charge in [0.25, 0.3) is 11.5 Å². The van der Waals surface area contributed by atoms with Crippen LogP contribution in [0.15, 0.2) is 35.1 Å². The van der Waals surface area contributed by atoms with Crippen LogP contribution in [0.3, 0.4) is 0 Å². The molecule has 0 aliphatic heterocycles. The molecule has 2 aromatic rings. The monoisotopic (exact) mass is 324 g/mol. The average molecular weight is 324 g/mol. The maximum Gasteiger partial charge on any atom is 0.261 e. The largest absolute Gasteiger partial charge is 0.325 e. The van der Waals surface area contributed by atoms with E-state index < -0.39 is 11.5 Å². The van der Waals surface area contributed by atoms with Crippen molar-refractivity contribution in [1.29, 1.82) is 0 Å². The number of ketones is 2. The Labute approximate surface area is 137 Å². The summed E-state index contributed by atoms with van der Waals surface area (Å²) in [5.41, 5.74) is 0.987. The molecule has 0 spiro atoms. The van der Waals surface area contributed by atoms with Gasteiger partial charge in [0.1, 0.15) is 5.56 Å². The lowest BCUT2D eigenvalue weighted by atomic mass is 9.93. The number of pyridine rings is 1. The van der Waals surface area contributed by atoms with E-state index in [1.807, 2.05) is 0 Å². The zero-order valence-electron chi connectivity index (χ0n) is 13.1. The predicted molar refractivity (Wildman–Crippen MR) is 88.7 cm³/mol. The van der Waals surface area contributed by atoms with E-state index in [2.05, 4.69) is 10.3 Å². The number of H-pyrrole nitrogens is 1. The van der Waals surface area contributed by atoms with Crippen LogP contribution in [-0.2, 0) is 6.42 Å². The molecule has 0 radical (unpaired) electrons. The number of nitrogens with one attached hydrogen (secondary N) is 2. The summed E-state index contributed by atoms with van der Waals surface area (Å²) >= 11 is 0. The standard InChI is InChI=1S/C18H16N2O4/c1-10(21)11-5-2-3-6-14(11)19-17(23)13-9-12-15(20-18(13)24)7-4-8-16(12)22/h2-3,5-6,9H,4,7-8H2,1H3,(H,19,23)(H,20,24). The first kappa shape index (κ1) is 15.9. The van der Waals surface area contributed by atoms with Gasteiger partial charge in [-0.1, -0.05) is 12.1 Å². The lowest BCUT2D eigenvalue weighted by Gasteiger charge is -2.15. The molecule has 122 valence electrons. The molecule has 0 bridgehead atoms. The van der Waals surface area contributed by atoms with Crippen molar-refractivity contribution in [3.05, 3.63) is 63.1 Å². The minimum absolute atomic E-state index is 0.0781. The molecule has 1 aliphatic rings. The Morgan fingerprint density at radius 3 is 2.58 bits per heavy atom. The zero-order chi connectivity index (χ0) is 17.3. The summed E-state index contributed by atoms with van der Waals surface area (Å²) in [4.78, 5) is 50.8. The van der Waals surface area contributed by atoms with Crippen molar-refractivity contribution in [2.75, 3.05) is 5.32 Å². The van der Waals surface area contributed by atoms with Crippen LogP contribution in [0.5, 0.6) is 0 Å². The van der Waals surface area contributed by atoms with Crippen molar-refractivity contribution in [1.82, 2.24) is 4.98 Å². The van der Waals surface area contributed by atoms with Crippen molar-refractivity contribution in [2.24, 2.45) is 0 Å². The molecule has 0 saturated heterocycles. The number of rotatable bonds is 3. The van der Waals surface area contributed by atoms with Gasteiger partial charge in [-0.15, -0.1) is 0 Å². The van der Waals surface area contributed by atoms with Crippen LogP contribution in [0.2, 0.25) is 0 Å². The quantitative estimate of drug-likeness (QED) is 0.847. The highest BCUT2D eigenvalue weighted by Crippen LogP contribution is 2.20. The van der Waals surface area contributed by atoms with Gasteiger partial charge in [0.15, 0.2) is 11.6 Å². The van der Waals surface area contributed by atoms with Crippen LogP contribution in [0.1, 0.15) is 56.5 Å². The highest BCUT2D eigenvalue weighted by molar-refractivity contribution is 6.10. The van der Waals surface area contributed by atoms with Crippen LogP contribution in [0.25, 0.3) is 0 Å². The third-order valence-electron chi connectivity index (χ3n) is 4.05. The number of Topliss-reactive ketones (excluding diaryl/α,β-unsaturated/α-hetero) is 2. The molecule has 6 nitrogen and oxygen atoms in total. The number of benzene rings is 1. The van der Waals surface area contributed by atoms with Gasteiger partial charge in [-0.3, -0.25) is 19.2 Å². The Kier molecular flexibility index (Phi) is 4.12. The topological polar surface area (TPSA) is 96.1 Å². The predicted octanol–water partition coefficient (Wildman–Crippen LogP) is 2.35. The number of carbonyl (C=O) groups is 3. The number of fused-ring (bicyclic) bond motifs is 1. The molecule has 1 heterocycles. The fraction of sp³-hybridized carbons (Fsp3) is 0.222. The highest BCUT2D eigenvalue weighted by Gasteiger charge is 2.22. The number of carbonyl (C=O) groups excluding carboxylic acids is 3. The summed E-state index contributed by atoms with van der Waals surface area (Å²) in [5.74, 6) is -0.919. The Morgan fingerprint density at radius 2 is 1.83 bits per heavy atom. The smallest absolute Gasteiger partial charge is 0.261 e. The fourth-order valence-corrected chi connectivity index (χ4v) is 2.83. The van der Waals surface area contributed by atoms with E-state index in [0.29, 0.717) is 41.8 Å².